The number of aromatic carboxylic acids is 1. The molecule has 0 atom stereocenters. The molecule has 2 rings (SSSR count). The molecule has 0 radical (unpaired) electrons. The van der Waals surface area contributed by atoms with E-state index in [0.717, 1.165) is 12.5 Å². The molecule has 6 heteroatoms. The van der Waals surface area contributed by atoms with Crippen molar-refractivity contribution < 1.29 is 24.5 Å². The standard InChI is InChI=1S/C17H17NO5/c1-2-8-23-13-5-3-4-11(9-13)16(20)18-15-7-6-12(19)10-14(15)17(21)22/h3-7,9-10,19H,2,8H2,1H3,(H,18,20)(H,21,22). The van der Waals surface area contributed by atoms with Gasteiger partial charge in [-0.1, -0.05) is 13.0 Å². The van der Waals surface area contributed by atoms with Crippen LogP contribution >= 0.6 is 0 Å². The number of hydrogen-bond acceptors (Lipinski definition) is 4. The average Bonchev–Trinajstić information content (AvgIpc) is 2.54. The van der Waals surface area contributed by atoms with E-state index in [4.69, 9.17) is 9.84 Å². The summed E-state index contributed by atoms with van der Waals surface area (Å²) < 4.78 is 5.47. The molecule has 0 aliphatic carbocycles. The summed E-state index contributed by atoms with van der Waals surface area (Å²) in [6, 6.07) is 10.4. The first kappa shape index (κ1) is 16.4. The molecule has 0 aromatic heterocycles. The fourth-order valence-electron chi connectivity index (χ4n) is 1.96. The van der Waals surface area contributed by atoms with Gasteiger partial charge >= 0.3 is 5.97 Å². The van der Waals surface area contributed by atoms with Crippen LogP contribution in [0.2, 0.25) is 0 Å². The van der Waals surface area contributed by atoms with Gasteiger partial charge in [-0.15, -0.1) is 0 Å². The Labute approximate surface area is 133 Å². The zero-order valence-electron chi connectivity index (χ0n) is 12.6. The normalized spacial score (nSPS) is 10.1. The molecule has 23 heavy (non-hydrogen) atoms. The van der Waals surface area contributed by atoms with Crippen LogP contribution in [-0.4, -0.2) is 28.7 Å². The quantitative estimate of drug-likeness (QED) is 0.712. The van der Waals surface area contributed by atoms with Crippen LogP contribution in [0.4, 0.5) is 5.69 Å². The van der Waals surface area contributed by atoms with Gasteiger partial charge in [0.1, 0.15) is 11.5 Å². The highest BCUT2D eigenvalue weighted by Crippen LogP contribution is 2.22. The Kier molecular flexibility index (Phi) is 5.19. The Morgan fingerprint density at radius 3 is 2.65 bits per heavy atom. The van der Waals surface area contributed by atoms with Crippen LogP contribution in [0.5, 0.6) is 11.5 Å². The lowest BCUT2D eigenvalue weighted by Gasteiger charge is -2.10. The number of carboxylic acid groups (broad SMARTS) is 1. The lowest BCUT2D eigenvalue weighted by Crippen LogP contribution is -2.15. The molecule has 2 aromatic rings. The van der Waals surface area contributed by atoms with Gasteiger partial charge in [-0.25, -0.2) is 4.79 Å². The number of carboxylic acids is 1. The number of anilines is 1. The minimum Gasteiger partial charge on any atom is -0.508 e. The average molecular weight is 315 g/mol. The molecular weight excluding hydrogens is 298 g/mol. The van der Waals surface area contributed by atoms with E-state index < -0.39 is 11.9 Å². The number of carbonyl (C=O) groups excluding carboxylic acids is 1. The van der Waals surface area contributed by atoms with Crippen LogP contribution in [0.15, 0.2) is 42.5 Å². The summed E-state index contributed by atoms with van der Waals surface area (Å²) in [6.07, 6.45) is 0.853. The zero-order valence-corrected chi connectivity index (χ0v) is 12.6. The molecule has 0 saturated carbocycles. The topological polar surface area (TPSA) is 95.9 Å². The second-order valence-corrected chi connectivity index (χ2v) is 4.87. The third-order valence-corrected chi connectivity index (χ3v) is 3.05. The number of hydrogen-bond donors (Lipinski definition) is 3. The first-order chi connectivity index (χ1) is 11.0. The molecule has 6 nitrogen and oxygen atoms in total. The highest BCUT2D eigenvalue weighted by molar-refractivity contribution is 6.08. The molecule has 0 aliphatic heterocycles. The molecule has 2 aromatic carbocycles. The Morgan fingerprint density at radius 2 is 1.96 bits per heavy atom. The van der Waals surface area contributed by atoms with Gasteiger partial charge < -0.3 is 20.3 Å². The van der Waals surface area contributed by atoms with Crippen molar-refractivity contribution in [2.24, 2.45) is 0 Å². The van der Waals surface area contributed by atoms with Crippen LogP contribution in [0, 0.1) is 0 Å². The molecule has 1 amide bonds. The molecule has 0 heterocycles. The Morgan fingerprint density at radius 1 is 1.17 bits per heavy atom. The number of amides is 1. The van der Waals surface area contributed by atoms with E-state index in [1.807, 2.05) is 6.92 Å². The maximum Gasteiger partial charge on any atom is 0.337 e. The van der Waals surface area contributed by atoms with E-state index in [9.17, 15) is 14.7 Å². The molecule has 0 saturated heterocycles. The monoisotopic (exact) mass is 315 g/mol. The smallest absolute Gasteiger partial charge is 0.337 e. The Balaban J connectivity index is 2.21. The van der Waals surface area contributed by atoms with Crippen molar-refractivity contribution in [1.29, 1.82) is 0 Å². The summed E-state index contributed by atoms with van der Waals surface area (Å²) in [5, 5.41) is 21.0. The molecule has 0 unspecified atom stereocenters. The van der Waals surface area contributed by atoms with Crippen LogP contribution in [-0.2, 0) is 0 Å². The summed E-state index contributed by atoms with van der Waals surface area (Å²) in [5.74, 6) is -1.31. The highest BCUT2D eigenvalue weighted by Gasteiger charge is 2.14. The van der Waals surface area contributed by atoms with Crippen LogP contribution in [0.25, 0.3) is 0 Å². The third-order valence-electron chi connectivity index (χ3n) is 3.05. The lowest BCUT2D eigenvalue weighted by molar-refractivity contribution is 0.0697. The van der Waals surface area contributed by atoms with E-state index in [1.54, 1.807) is 24.3 Å². The fourth-order valence-corrected chi connectivity index (χ4v) is 1.96. The molecule has 120 valence electrons. The van der Waals surface area contributed by atoms with Crippen molar-refractivity contribution in [2.75, 3.05) is 11.9 Å². The maximum absolute atomic E-state index is 12.3. The number of benzene rings is 2. The number of ether oxygens (including phenoxy) is 1. The van der Waals surface area contributed by atoms with Crippen LogP contribution in [0.1, 0.15) is 34.1 Å². The van der Waals surface area contributed by atoms with Gasteiger partial charge in [0.25, 0.3) is 5.91 Å². The van der Waals surface area contributed by atoms with Crippen molar-refractivity contribution in [3.05, 3.63) is 53.6 Å². The third kappa shape index (κ3) is 4.23. The number of phenols is 1. The number of nitrogens with one attached hydrogen (secondary N) is 1. The number of aromatic hydroxyl groups is 1. The van der Waals surface area contributed by atoms with Crippen molar-refractivity contribution in [3.63, 3.8) is 0 Å². The van der Waals surface area contributed by atoms with Gasteiger partial charge in [0.15, 0.2) is 0 Å². The van der Waals surface area contributed by atoms with Gasteiger partial charge in [-0.05, 0) is 42.8 Å². The molecule has 0 spiro atoms. The van der Waals surface area contributed by atoms with E-state index in [1.165, 1.54) is 12.1 Å². The van der Waals surface area contributed by atoms with Crippen molar-refractivity contribution >= 4 is 17.6 Å². The molecular formula is C17H17NO5. The van der Waals surface area contributed by atoms with E-state index in [0.29, 0.717) is 17.9 Å². The predicted molar refractivity (Wildman–Crippen MR) is 85.2 cm³/mol. The summed E-state index contributed by atoms with van der Waals surface area (Å²) in [4.78, 5) is 23.5. The van der Waals surface area contributed by atoms with E-state index >= 15 is 0 Å². The highest BCUT2D eigenvalue weighted by atomic mass is 16.5. The zero-order chi connectivity index (χ0) is 16.8. The second-order valence-electron chi connectivity index (χ2n) is 4.87. The number of rotatable bonds is 6. The van der Waals surface area contributed by atoms with Gasteiger partial charge in [-0.2, -0.15) is 0 Å². The predicted octanol–water partition coefficient (Wildman–Crippen LogP) is 3.13. The Hall–Kier alpha value is -3.02. The van der Waals surface area contributed by atoms with Crippen LogP contribution < -0.4 is 10.1 Å². The molecule has 3 N–H and O–H groups in total. The summed E-state index contributed by atoms with van der Waals surface area (Å²) in [5.41, 5.74) is 0.278. The lowest BCUT2D eigenvalue weighted by atomic mass is 10.1. The van der Waals surface area contributed by atoms with Crippen molar-refractivity contribution in [2.45, 2.75) is 13.3 Å². The largest absolute Gasteiger partial charge is 0.508 e. The first-order valence-electron chi connectivity index (χ1n) is 7.11. The summed E-state index contributed by atoms with van der Waals surface area (Å²) >= 11 is 0. The summed E-state index contributed by atoms with van der Waals surface area (Å²) in [7, 11) is 0. The van der Waals surface area contributed by atoms with E-state index in [-0.39, 0.29) is 17.0 Å². The van der Waals surface area contributed by atoms with Gasteiger partial charge in [0, 0.05) is 5.56 Å². The van der Waals surface area contributed by atoms with E-state index in [2.05, 4.69) is 5.32 Å². The minimum atomic E-state index is -1.24. The molecule has 0 aliphatic rings. The first-order valence-corrected chi connectivity index (χ1v) is 7.11. The van der Waals surface area contributed by atoms with Gasteiger partial charge in [-0.3, -0.25) is 4.79 Å². The number of carbonyl (C=O) groups is 2. The SMILES string of the molecule is CCCOc1cccc(C(=O)Nc2ccc(O)cc2C(=O)O)c1. The molecule has 0 bridgehead atoms. The second kappa shape index (κ2) is 7.31. The van der Waals surface area contributed by atoms with Gasteiger partial charge in [0.2, 0.25) is 0 Å². The summed E-state index contributed by atoms with van der Waals surface area (Å²) in [6.45, 7) is 2.53. The van der Waals surface area contributed by atoms with Crippen molar-refractivity contribution in [3.8, 4) is 11.5 Å². The van der Waals surface area contributed by atoms with Crippen molar-refractivity contribution in [1.82, 2.24) is 0 Å². The Bertz CT molecular complexity index is 727. The molecule has 0 fully saturated rings. The minimum absolute atomic E-state index is 0.111. The van der Waals surface area contributed by atoms with Crippen LogP contribution in [0.3, 0.4) is 0 Å². The number of phenolic OH excluding ortho intramolecular Hbond substituents is 1. The maximum atomic E-state index is 12.3. The fraction of sp³-hybridized carbons (Fsp3) is 0.176. The van der Waals surface area contributed by atoms with Gasteiger partial charge in [0.05, 0.1) is 17.9 Å².